The van der Waals surface area contributed by atoms with E-state index in [1.807, 2.05) is 0 Å². The van der Waals surface area contributed by atoms with Crippen molar-refractivity contribution in [1.29, 1.82) is 0 Å². The van der Waals surface area contributed by atoms with Crippen molar-refractivity contribution in [3.8, 4) is 0 Å². The van der Waals surface area contributed by atoms with Gasteiger partial charge in [0.15, 0.2) is 0 Å². The number of nitrogens with two attached hydrogens (primary N) is 1. The van der Waals surface area contributed by atoms with Crippen molar-refractivity contribution in [2.45, 2.75) is 52.9 Å². The van der Waals surface area contributed by atoms with Crippen LogP contribution in [-0.2, 0) is 0 Å². The van der Waals surface area contributed by atoms with Gasteiger partial charge in [0.1, 0.15) is 0 Å². The predicted octanol–water partition coefficient (Wildman–Crippen LogP) is 4.57. The first-order valence-electron chi connectivity index (χ1n) is 6.80. The smallest absolute Gasteiger partial charge is 0.00421 e. The summed E-state index contributed by atoms with van der Waals surface area (Å²) >= 11 is 0. The highest BCUT2D eigenvalue weighted by Crippen LogP contribution is 2.33. The molecule has 0 aliphatic heterocycles. The van der Waals surface area contributed by atoms with Gasteiger partial charge in [-0.1, -0.05) is 36.8 Å². The number of hydrogen-bond donors (Lipinski definition) is 1. The molecule has 1 nitrogen and oxygen atoms in total. The van der Waals surface area contributed by atoms with Gasteiger partial charge in [0.05, 0.1) is 0 Å². The minimum Gasteiger partial charge on any atom is -0.402 e. The molecule has 96 valence electrons. The molecule has 0 fully saturated rings. The molecule has 0 aromatic heterocycles. The molecule has 0 spiro atoms. The molecule has 1 aliphatic rings. The van der Waals surface area contributed by atoms with E-state index in [4.69, 9.17) is 5.73 Å². The van der Waals surface area contributed by atoms with E-state index in [2.05, 4.69) is 39.5 Å². The van der Waals surface area contributed by atoms with E-state index < -0.39 is 0 Å². The lowest BCUT2D eigenvalue weighted by Gasteiger charge is -2.26. The third-order valence-electron chi connectivity index (χ3n) is 4.12. The van der Waals surface area contributed by atoms with Gasteiger partial charge in [-0.25, -0.2) is 0 Å². The molecule has 0 aromatic rings. The maximum atomic E-state index is 5.97. The van der Waals surface area contributed by atoms with Crippen LogP contribution in [-0.4, -0.2) is 0 Å². The second-order valence-electron chi connectivity index (χ2n) is 5.34. The first kappa shape index (κ1) is 14.1. The number of rotatable bonds is 4. The van der Waals surface area contributed by atoms with Crippen LogP contribution < -0.4 is 5.73 Å². The minimum absolute atomic E-state index is 0.490. The van der Waals surface area contributed by atoms with Crippen LogP contribution >= 0.6 is 0 Å². The molecule has 1 aliphatic carbocycles. The van der Waals surface area contributed by atoms with Crippen molar-refractivity contribution >= 4 is 0 Å². The van der Waals surface area contributed by atoms with Crippen LogP contribution in [0.4, 0.5) is 0 Å². The Balaban J connectivity index is 2.77. The first-order valence-corrected chi connectivity index (χ1v) is 6.80. The lowest BCUT2D eigenvalue weighted by atomic mass is 9.81. The van der Waals surface area contributed by atoms with Gasteiger partial charge in [0, 0.05) is 11.6 Å². The molecule has 1 rings (SSSR count). The zero-order chi connectivity index (χ0) is 12.8. The number of hydrogen-bond acceptors (Lipinski definition) is 1. The molecule has 1 heteroatoms. The van der Waals surface area contributed by atoms with Crippen molar-refractivity contribution in [1.82, 2.24) is 0 Å². The Kier molecular flexibility index (Phi) is 5.54. The molecular weight excluding hydrogens is 206 g/mol. The normalized spacial score (nSPS) is 26.3. The topological polar surface area (TPSA) is 26.0 Å². The molecule has 17 heavy (non-hydrogen) atoms. The average Bonchev–Trinajstić information content (AvgIpc) is 2.53. The second kappa shape index (κ2) is 6.68. The van der Waals surface area contributed by atoms with Gasteiger partial charge >= 0.3 is 0 Å². The zero-order valence-electron chi connectivity index (χ0n) is 11.6. The summed E-state index contributed by atoms with van der Waals surface area (Å²) in [6, 6.07) is 0. The van der Waals surface area contributed by atoms with Crippen molar-refractivity contribution in [3.05, 3.63) is 35.6 Å². The fraction of sp³-hybridized carbons (Fsp3) is 0.625. The molecule has 0 saturated heterocycles. The van der Waals surface area contributed by atoms with Gasteiger partial charge in [-0.05, 0) is 51.9 Å². The molecule has 0 aromatic carbocycles. The van der Waals surface area contributed by atoms with Crippen molar-refractivity contribution in [2.24, 2.45) is 17.6 Å². The summed E-state index contributed by atoms with van der Waals surface area (Å²) in [7, 11) is 0. The molecule has 0 radical (unpaired) electrons. The summed E-state index contributed by atoms with van der Waals surface area (Å²) in [5, 5.41) is 0. The van der Waals surface area contributed by atoms with Gasteiger partial charge in [-0.15, -0.1) is 0 Å². The van der Waals surface area contributed by atoms with Crippen LogP contribution in [0.15, 0.2) is 35.6 Å². The van der Waals surface area contributed by atoms with Crippen LogP contribution in [0.2, 0.25) is 0 Å². The Hall–Kier alpha value is -0.980. The largest absolute Gasteiger partial charge is 0.402 e. The summed E-state index contributed by atoms with van der Waals surface area (Å²) in [5.74, 6) is 1.14. The van der Waals surface area contributed by atoms with Crippen LogP contribution in [0.1, 0.15) is 52.9 Å². The van der Waals surface area contributed by atoms with Gasteiger partial charge in [-0.2, -0.15) is 0 Å². The van der Waals surface area contributed by atoms with E-state index in [1.54, 1.807) is 5.57 Å². The van der Waals surface area contributed by atoms with E-state index in [0.717, 1.165) is 31.4 Å². The van der Waals surface area contributed by atoms with E-state index in [9.17, 15) is 0 Å². The summed E-state index contributed by atoms with van der Waals surface area (Å²) in [6.45, 7) is 10.7. The molecule has 0 saturated carbocycles. The third-order valence-corrected chi connectivity index (χ3v) is 4.12. The Bertz CT molecular complexity index is 322. The minimum atomic E-state index is 0.490. The van der Waals surface area contributed by atoms with Gasteiger partial charge in [0.25, 0.3) is 0 Å². The standard InChI is InChI=1S/C16H27N/c1-5-12(2)13(3)11-15-9-7-6-8-10-16(15)14(4)17/h6-7,15-16H,4-5,8-11,17H2,1-3H3/b13-12+. The van der Waals surface area contributed by atoms with Crippen molar-refractivity contribution < 1.29 is 0 Å². The lowest BCUT2D eigenvalue weighted by Crippen LogP contribution is -2.20. The fourth-order valence-electron chi connectivity index (χ4n) is 2.65. The average molecular weight is 233 g/mol. The Labute approximate surface area is 106 Å². The van der Waals surface area contributed by atoms with Crippen LogP contribution in [0.5, 0.6) is 0 Å². The monoisotopic (exact) mass is 233 g/mol. The highest BCUT2D eigenvalue weighted by atomic mass is 14.6. The summed E-state index contributed by atoms with van der Waals surface area (Å²) in [5.41, 5.74) is 9.92. The van der Waals surface area contributed by atoms with Crippen LogP contribution in [0, 0.1) is 11.8 Å². The molecular formula is C16H27N. The molecule has 0 amide bonds. The molecule has 2 N–H and O–H groups in total. The maximum Gasteiger partial charge on any atom is 0.00421 e. The molecule has 0 heterocycles. The highest BCUT2D eigenvalue weighted by Gasteiger charge is 2.23. The SMILES string of the molecule is C=C(N)C1CCC=CCC1C/C(C)=C(\C)CC. The molecule has 2 atom stereocenters. The predicted molar refractivity (Wildman–Crippen MR) is 76.6 cm³/mol. The molecule has 0 bridgehead atoms. The summed E-state index contributed by atoms with van der Waals surface area (Å²) in [4.78, 5) is 0. The van der Waals surface area contributed by atoms with E-state index >= 15 is 0 Å². The van der Waals surface area contributed by atoms with Gasteiger partial charge in [-0.3, -0.25) is 0 Å². The Morgan fingerprint density at radius 1 is 1.29 bits per heavy atom. The van der Waals surface area contributed by atoms with E-state index in [-0.39, 0.29) is 0 Å². The quantitative estimate of drug-likeness (QED) is 0.707. The van der Waals surface area contributed by atoms with Gasteiger partial charge in [0.2, 0.25) is 0 Å². The van der Waals surface area contributed by atoms with Crippen molar-refractivity contribution in [3.63, 3.8) is 0 Å². The van der Waals surface area contributed by atoms with E-state index in [1.165, 1.54) is 12.0 Å². The van der Waals surface area contributed by atoms with Crippen LogP contribution in [0.25, 0.3) is 0 Å². The summed E-state index contributed by atoms with van der Waals surface area (Å²) in [6.07, 6.45) is 10.4. The Morgan fingerprint density at radius 3 is 2.59 bits per heavy atom. The lowest BCUT2D eigenvalue weighted by molar-refractivity contribution is 0.363. The first-order chi connectivity index (χ1) is 8.06. The zero-order valence-corrected chi connectivity index (χ0v) is 11.6. The number of allylic oxidation sites excluding steroid dienone is 5. The highest BCUT2D eigenvalue weighted by molar-refractivity contribution is 5.13. The van der Waals surface area contributed by atoms with Gasteiger partial charge < -0.3 is 5.73 Å². The summed E-state index contributed by atoms with van der Waals surface area (Å²) < 4.78 is 0. The van der Waals surface area contributed by atoms with E-state index in [0.29, 0.717) is 11.8 Å². The third kappa shape index (κ3) is 4.07. The maximum absolute atomic E-state index is 5.97. The fourth-order valence-corrected chi connectivity index (χ4v) is 2.65. The second-order valence-corrected chi connectivity index (χ2v) is 5.34. The molecule has 2 unspecified atom stereocenters. The van der Waals surface area contributed by atoms with Crippen molar-refractivity contribution in [2.75, 3.05) is 0 Å². The van der Waals surface area contributed by atoms with Crippen LogP contribution in [0.3, 0.4) is 0 Å². The Morgan fingerprint density at radius 2 is 2.00 bits per heavy atom.